The highest BCUT2D eigenvalue weighted by Gasteiger charge is 2.08. The predicted molar refractivity (Wildman–Crippen MR) is 74.6 cm³/mol. The van der Waals surface area contributed by atoms with Crippen LogP contribution in [0.5, 0.6) is 0 Å². The van der Waals surface area contributed by atoms with Gasteiger partial charge < -0.3 is 5.73 Å². The lowest BCUT2D eigenvalue weighted by atomic mass is 9.96. The van der Waals surface area contributed by atoms with E-state index in [1.54, 1.807) is 0 Å². The maximum absolute atomic E-state index is 11.9. The average Bonchev–Trinajstić information content (AvgIpc) is 2.40. The van der Waals surface area contributed by atoms with Crippen molar-refractivity contribution < 1.29 is 4.79 Å². The number of hydrogen-bond donors (Lipinski definition) is 1. The molecule has 0 radical (unpaired) electrons. The number of Topliss-reactive ketones (excluding diaryl/α,β-unsaturated/α-hetero) is 1. The van der Waals surface area contributed by atoms with E-state index in [2.05, 4.69) is 19.1 Å². The summed E-state index contributed by atoms with van der Waals surface area (Å²) in [6, 6.07) is 15.9. The highest BCUT2D eigenvalue weighted by atomic mass is 16.1. The van der Waals surface area contributed by atoms with Crippen LogP contribution in [0.2, 0.25) is 0 Å². The summed E-state index contributed by atoms with van der Waals surface area (Å²) in [5.41, 5.74) is 9.58. The Morgan fingerprint density at radius 3 is 2.50 bits per heavy atom. The minimum Gasteiger partial charge on any atom is -0.330 e. The van der Waals surface area contributed by atoms with Crippen LogP contribution in [0.15, 0.2) is 48.5 Å². The van der Waals surface area contributed by atoms with Crippen molar-refractivity contribution in [3.8, 4) is 11.1 Å². The van der Waals surface area contributed by atoms with Crippen LogP contribution in [-0.4, -0.2) is 12.3 Å². The van der Waals surface area contributed by atoms with Gasteiger partial charge in [-0.3, -0.25) is 4.79 Å². The molecule has 0 saturated carbocycles. The molecule has 2 rings (SSSR count). The lowest BCUT2D eigenvalue weighted by Gasteiger charge is -2.08. The first-order valence-corrected chi connectivity index (χ1v) is 6.11. The highest BCUT2D eigenvalue weighted by molar-refractivity contribution is 5.97. The average molecular weight is 239 g/mol. The first kappa shape index (κ1) is 12.5. The Balaban J connectivity index is 2.42. The van der Waals surface area contributed by atoms with Gasteiger partial charge in [-0.2, -0.15) is 0 Å². The minimum absolute atomic E-state index is 0.106. The molecule has 0 aliphatic rings. The van der Waals surface area contributed by atoms with E-state index in [-0.39, 0.29) is 5.78 Å². The van der Waals surface area contributed by atoms with Gasteiger partial charge in [-0.15, -0.1) is 0 Å². The van der Waals surface area contributed by atoms with E-state index in [0.29, 0.717) is 13.0 Å². The quantitative estimate of drug-likeness (QED) is 0.833. The van der Waals surface area contributed by atoms with Crippen molar-refractivity contribution in [2.24, 2.45) is 5.73 Å². The van der Waals surface area contributed by atoms with E-state index >= 15 is 0 Å². The molecule has 0 bridgehead atoms. The van der Waals surface area contributed by atoms with Gasteiger partial charge in [0.15, 0.2) is 5.78 Å². The molecule has 0 amide bonds. The van der Waals surface area contributed by atoms with Crippen LogP contribution in [0.25, 0.3) is 11.1 Å². The summed E-state index contributed by atoms with van der Waals surface area (Å²) in [7, 11) is 0. The fourth-order valence-electron chi connectivity index (χ4n) is 2.00. The molecule has 2 aromatic rings. The number of benzene rings is 2. The summed E-state index contributed by atoms with van der Waals surface area (Å²) in [6.07, 6.45) is 0.400. The molecule has 0 aliphatic carbocycles. The Morgan fingerprint density at radius 2 is 1.83 bits per heavy atom. The molecule has 2 aromatic carbocycles. The summed E-state index contributed by atoms with van der Waals surface area (Å²) < 4.78 is 0. The summed E-state index contributed by atoms with van der Waals surface area (Å²) in [4.78, 5) is 11.9. The monoisotopic (exact) mass is 239 g/mol. The number of carbonyl (C=O) groups is 1. The van der Waals surface area contributed by atoms with Gasteiger partial charge in [-0.1, -0.05) is 42.5 Å². The summed E-state index contributed by atoms with van der Waals surface area (Å²) in [6.45, 7) is 2.45. The molecule has 0 aliphatic heterocycles. The van der Waals surface area contributed by atoms with Crippen molar-refractivity contribution >= 4 is 5.78 Å². The van der Waals surface area contributed by atoms with Crippen molar-refractivity contribution in [2.75, 3.05) is 6.54 Å². The second-order valence-corrected chi connectivity index (χ2v) is 4.36. The standard InChI is InChI=1S/C16H17NO/c1-12-7-8-14(16(18)9-10-17)11-15(12)13-5-3-2-4-6-13/h2-8,11H,9-10,17H2,1H3. The number of nitrogens with two attached hydrogens (primary N) is 1. The first-order chi connectivity index (χ1) is 8.72. The van der Waals surface area contributed by atoms with Crippen molar-refractivity contribution in [3.63, 3.8) is 0 Å². The van der Waals surface area contributed by atoms with E-state index in [4.69, 9.17) is 5.73 Å². The molecule has 2 heteroatoms. The smallest absolute Gasteiger partial charge is 0.164 e. The number of aryl methyl sites for hydroxylation is 1. The Morgan fingerprint density at radius 1 is 1.11 bits per heavy atom. The second-order valence-electron chi connectivity index (χ2n) is 4.36. The van der Waals surface area contributed by atoms with Crippen LogP contribution in [0.1, 0.15) is 22.3 Å². The molecule has 0 heterocycles. The van der Waals surface area contributed by atoms with Gasteiger partial charge in [0.1, 0.15) is 0 Å². The van der Waals surface area contributed by atoms with E-state index in [0.717, 1.165) is 16.7 Å². The SMILES string of the molecule is Cc1ccc(C(=O)CCN)cc1-c1ccccc1. The van der Waals surface area contributed by atoms with Crippen LogP contribution >= 0.6 is 0 Å². The number of rotatable bonds is 4. The summed E-state index contributed by atoms with van der Waals surface area (Å²) in [5.74, 6) is 0.106. The molecule has 0 unspecified atom stereocenters. The molecule has 2 N–H and O–H groups in total. The molecule has 92 valence electrons. The fourth-order valence-corrected chi connectivity index (χ4v) is 2.00. The van der Waals surface area contributed by atoms with Crippen LogP contribution in [-0.2, 0) is 0 Å². The third-order valence-electron chi connectivity index (χ3n) is 3.02. The maximum Gasteiger partial charge on any atom is 0.164 e. The zero-order chi connectivity index (χ0) is 13.0. The second kappa shape index (κ2) is 5.61. The van der Waals surface area contributed by atoms with Crippen molar-refractivity contribution in [1.29, 1.82) is 0 Å². The Kier molecular flexibility index (Phi) is 3.90. The maximum atomic E-state index is 11.9. The zero-order valence-corrected chi connectivity index (χ0v) is 10.5. The van der Waals surface area contributed by atoms with Gasteiger partial charge >= 0.3 is 0 Å². The lowest BCUT2D eigenvalue weighted by molar-refractivity contribution is 0.0985. The van der Waals surface area contributed by atoms with E-state index in [9.17, 15) is 4.79 Å². The minimum atomic E-state index is 0.106. The molecule has 0 spiro atoms. The van der Waals surface area contributed by atoms with Crippen molar-refractivity contribution in [2.45, 2.75) is 13.3 Å². The van der Waals surface area contributed by atoms with E-state index in [1.807, 2.05) is 36.4 Å². The zero-order valence-electron chi connectivity index (χ0n) is 10.5. The predicted octanol–water partition coefficient (Wildman–Crippen LogP) is 3.19. The van der Waals surface area contributed by atoms with Crippen molar-refractivity contribution in [3.05, 3.63) is 59.7 Å². The third kappa shape index (κ3) is 2.66. The molecule has 0 aromatic heterocycles. The van der Waals surface area contributed by atoms with E-state index < -0.39 is 0 Å². The molecule has 0 atom stereocenters. The number of hydrogen-bond acceptors (Lipinski definition) is 2. The molecule has 0 fully saturated rings. The van der Waals surface area contributed by atoms with Crippen LogP contribution in [0, 0.1) is 6.92 Å². The normalized spacial score (nSPS) is 10.3. The summed E-state index contributed by atoms with van der Waals surface area (Å²) in [5, 5.41) is 0. The fraction of sp³-hybridized carbons (Fsp3) is 0.188. The van der Waals surface area contributed by atoms with Crippen LogP contribution in [0.3, 0.4) is 0 Å². The number of carbonyl (C=O) groups excluding carboxylic acids is 1. The topological polar surface area (TPSA) is 43.1 Å². The van der Waals surface area contributed by atoms with Gasteiger partial charge in [-0.05, 0) is 36.2 Å². The Labute approximate surface area is 107 Å². The van der Waals surface area contributed by atoms with E-state index in [1.165, 1.54) is 5.56 Å². The molecule has 2 nitrogen and oxygen atoms in total. The Bertz CT molecular complexity index is 546. The van der Waals surface area contributed by atoms with Gasteiger partial charge in [0, 0.05) is 12.0 Å². The van der Waals surface area contributed by atoms with Crippen LogP contribution < -0.4 is 5.73 Å². The van der Waals surface area contributed by atoms with Gasteiger partial charge in [-0.25, -0.2) is 0 Å². The van der Waals surface area contributed by atoms with Gasteiger partial charge in [0.2, 0.25) is 0 Å². The summed E-state index contributed by atoms with van der Waals surface area (Å²) >= 11 is 0. The molecular formula is C16H17NO. The molecular weight excluding hydrogens is 222 g/mol. The Hall–Kier alpha value is -1.93. The van der Waals surface area contributed by atoms with Gasteiger partial charge in [0.25, 0.3) is 0 Å². The lowest BCUT2D eigenvalue weighted by Crippen LogP contribution is -2.08. The third-order valence-corrected chi connectivity index (χ3v) is 3.02. The first-order valence-electron chi connectivity index (χ1n) is 6.11. The molecule has 0 saturated heterocycles. The molecule has 18 heavy (non-hydrogen) atoms. The van der Waals surface area contributed by atoms with Crippen molar-refractivity contribution in [1.82, 2.24) is 0 Å². The van der Waals surface area contributed by atoms with Gasteiger partial charge in [0.05, 0.1) is 0 Å². The largest absolute Gasteiger partial charge is 0.330 e. The highest BCUT2D eigenvalue weighted by Crippen LogP contribution is 2.24. The number of ketones is 1. The van der Waals surface area contributed by atoms with Crippen LogP contribution in [0.4, 0.5) is 0 Å².